The summed E-state index contributed by atoms with van der Waals surface area (Å²) in [5.74, 6) is -5.13. The summed E-state index contributed by atoms with van der Waals surface area (Å²) < 4.78 is 0. The first kappa shape index (κ1) is 29.1. The summed E-state index contributed by atoms with van der Waals surface area (Å²) in [5, 5.41) is 48.6. The number of aliphatic carboxylic acids is 1. The minimum Gasteiger partial charge on any atom is -0.479 e. The van der Waals surface area contributed by atoms with Gasteiger partial charge in [0.1, 0.15) is 12.1 Å². The van der Waals surface area contributed by atoms with Crippen LogP contribution in [0.1, 0.15) is 31.7 Å². The molecular weight excluding hydrogens is 516 g/mol. The molecule has 1 aromatic heterocycles. The normalized spacial score (nSPS) is 17.3. The SMILES string of the molecule is CC[C@H](C)[C@H](NC(=O)[C@@H](O)[C@H](O)C(=O)O)C(=O)NCC(=O)N1c2ccccc2C[C@H]1C(=O)NCc1nn[nH]n1. The molecule has 5 atom stereocenters. The molecule has 210 valence electrons. The summed E-state index contributed by atoms with van der Waals surface area (Å²) in [4.78, 5) is 63.6. The van der Waals surface area contributed by atoms with Crippen LogP contribution in [-0.2, 0) is 36.9 Å². The zero-order valence-corrected chi connectivity index (χ0v) is 21.2. The third kappa shape index (κ3) is 6.91. The highest BCUT2D eigenvalue weighted by Crippen LogP contribution is 2.32. The summed E-state index contributed by atoms with van der Waals surface area (Å²) in [5.41, 5.74) is 1.27. The Balaban J connectivity index is 1.69. The van der Waals surface area contributed by atoms with Gasteiger partial charge in [-0.05, 0) is 17.5 Å². The van der Waals surface area contributed by atoms with Crippen molar-refractivity contribution in [2.45, 2.75) is 57.5 Å². The lowest BCUT2D eigenvalue weighted by Crippen LogP contribution is -2.57. The number of hydrogen-bond acceptors (Lipinski definition) is 10. The van der Waals surface area contributed by atoms with E-state index in [4.69, 9.17) is 5.11 Å². The number of para-hydroxylation sites is 1. The number of H-pyrrole nitrogens is 1. The van der Waals surface area contributed by atoms with E-state index in [1.165, 1.54) is 4.90 Å². The van der Waals surface area contributed by atoms with Gasteiger partial charge in [-0.15, -0.1) is 10.2 Å². The molecule has 2 aromatic rings. The first-order chi connectivity index (χ1) is 18.5. The van der Waals surface area contributed by atoms with Gasteiger partial charge in [0, 0.05) is 12.1 Å². The Morgan fingerprint density at radius 2 is 1.82 bits per heavy atom. The van der Waals surface area contributed by atoms with Gasteiger partial charge in [-0.3, -0.25) is 24.1 Å². The van der Waals surface area contributed by atoms with Crippen LogP contribution in [0.2, 0.25) is 0 Å². The maximum absolute atomic E-state index is 13.3. The first-order valence-corrected chi connectivity index (χ1v) is 12.1. The Morgan fingerprint density at radius 1 is 1.10 bits per heavy atom. The number of rotatable bonds is 12. The number of tetrazole rings is 1. The van der Waals surface area contributed by atoms with Crippen LogP contribution >= 0.6 is 0 Å². The molecule has 0 radical (unpaired) electrons. The molecule has 16 heteroatoms. The van der Waals surface area contributed by atoms with Gasteiger partial charge >= 0.3 is 5.97 Å². The van der Waals surface area contributed by atoms with Crippen LogP contribution in [0.4, 0.5) is 5.69 Å². The largest absolute Gasteiger partial charge is 0.479 e. The molecule has 0 fully saturated rings. The molecule has 0 spiro atoms. The number of carboxylic acid groups (broad SMARTS) is 1. The van der Waals surface area contributed by atoms with Crippen molar-refractivity contribution in [2.24, 2.45) is 5.92 Å². The molecule has 0 aliphatic carbocycles. The number of nitrogens with one attached hydrogen (secondary N) is 4. The molecule has 1 aromatic carbocycles. The topological polar surface area (TPSA) is 240 Å². The van der Waals surface area contributed by atoms with Crippen molar-refractivity contribution in [3.05, 3.63) is 35.7 Å². The average molecular weight is 547 g/mol. The molecule has 16 nitrogen and oxygen atoms in total. The molecule has 1 aliphatic rings. The minimum atomic E-state index is -2.38. The number of nitrogens with zero attached hydrogens (tertiary/aromatic N) is 4. The standard InChI is InChI=1S/C23H30N8O8/c1-3-11(2)17(26-22(37)18(33)19(34)23(38)39)21(36)25-10-16(32)31-13-7-5-4-6-12(13)8-14(31)20(35)24-9-15-27-29-30-28-15/h4-7,11,14,17-19,33-34H,3,8-10H2,1-2H3,(H,24,35)(H,25,36)(H,26,37)(H,38,39)(H,27,28,29,30)/t11-,14-,17-,18-,19-/m0/s1. The van der Waals surface area contributed by atoms with Crippen molar-refractivity contribution in [1.82, 2.24) is 36.6 Å². The predicted molar refractivity (Wildman–Crippen MR) is 131 cm³/mol. The highest BCUT2D eigenvalue weighted by molar-refractivity contribution is 6.05. The maximum Gasteiger partial charge on any atom is 0.335 e. The molecular formula is C23H30N8O8. The van der Waals surface area contributed by atoms with E-state index in [9.17, 15) is 34.2 Å². The maximum atomic E-state index is 13.3. The van der Waals surface area contributed by atoms with E-state index in [2.05, 4.69) is 36.6 Å². The van der Waals surface area contributed by atoms with Crippen LogP contribution in [0.25, 0.3) is 0 Å². The third-order valence-electron chi connectivity index (χ3n) is 6.39. The number of benzene rings is 1. The van der Waals surface area contributed by atoms with Gasteiger partial charge in [0.2, 0.25) is 17.7 Å². The molecule has 2 heterocycles. The van der Waals surface area contributed by atoms with E-state index in [-0.39, 0.29) is 18.8 Å². The summed E-state index contributed by atoms with van der Waals surface area (Å²) >= 11 is 0. The second-order valence-corrected chi connectivity index (χ2v) is 8.98. The zero-order valence-electron chi connectivity index (χ0n) is 21.2. The lowest BCUT2D eigenvalue weighted by Gasteiger charge is -2.27. The number of aromatic nitrogens is 4. The number of fused-ring (bicyclic) bond motifs is 1. The molecule has 39 heavy (non-hydrogen) atoms. The van der Waals surface area contributed by atoms with E-state index >= 15 is 0 Å². The van der Waals surface area contributed by atoms with Gasteiger partial charge in [0.25, 0.3) is 5.91 Å². The van der Waals surface area contributed by atoms with Gasteiger partial charge in [0.15, 0.2) is 18.0 Å². The first-order valence-electron chi connectivity index (χ1n) is 12.1. The van der Waals surface area contributed by atoms with E-state index in [1.807, 2.05) is 0 Å². The fourth-order valence-corrected chi connectivity index (χ4v) is 4.02. The van der Waals surface area contributed by atoms with Crippen LogP contribution in [0, 0.1) is 5.92 Å². The lowest BCUT2D eigenvalue weighted by atomic mass is 9.97. The number of anilines is 1. The van der Waals surface area contributed by atoms with E-state index in [0.29, 0.717) is 12.1 Å². The predicted octanol–water partition coefficient (Wildman–Crippen LogP) is -2.77. The Hall–Kier alpha value is -4.44. The van der Waals surface area contributed by atoms with Crippen molar-refractivity contribution in [3.8, 4) is 0 Å². The summed E-state index contributed by atoms with van der Waals surface area (Å²) in [7, 11) is 0. The highest BCUT2D eigenvalue weighted by Gasteiger charge is 2.39. The fourth-order valence-electron chi connectivity index (χ4n) is 4.02. The number of carboxylic acids is 1. The number of aliphatic hydroxyl groups is 2. The quantitative estimate of drug-likeness (QED) is 0.144. The fraction of sp³-hybridized carbons (Fsp3) is 0.478. The molecule has 4 amide bonds. The van der Waals surface area contributed by atoms with Crippen molar-refractivity contribution in [3.63, 3.8) is 0 Å². The van der Waals surface area contributed by atoms with Gasteiger partial charge in [-0.1, -0.05) is 43.7 Å². The number of carbonyl (C=O) groups is 5. The number of aliphatic hydroxyl groups excluding tert-OH is 2. The van der Waals surface area contributed by atoms with Crippen molar-refractivity contribution < 1.29 is 39.3 Å². The van der Waals surface area contributed by atoms with Crippen LogP contribution < -0.4 is 20.9 Å². The summed E-state index contributed by atoms with van der Waals surface area (Å²) in [6.45, 7) is 2.83. The Kier molecular flexibility index (Phi) is 9.62. The van der Waals surface area contributed by atoms with Crippen LogP contribution in [0.3, 0.4) is 0 Å². The second kappa shape index (κ2) is 12.9. The van der Waals surface area contributed by atoms with Crippen molar-refractivity contribution in [1.29, 1.82) is 0 Å². The smallest absolute Gasteiger partial charge is 0.335 e. The lowest BCUT2D eigenvalue weighted by molar-refractivity contribution is -0.158. The number of hydrogen-bond donors (Lipinski definition) is 7. The van der Waals surface area contributed by atoms with Crippen LogP contribution in [0.15, 0.2) is 24.3 Å². The minimum absolute atomic E-state index is 0.0142. The average Bonchev–Trinajstić information content (AvgIpc) is 3.59. The Bertz CT molecular complexity index is 1210. The van der Waals surface area contributed by atoms with Crippen molar-refractivity contribution in [2.75, 3.05) is 11.4 Å². The molecule has 0 unspecified atom stereocenters. The van der Waals surface area contributed by atoms with Gasteiger partial charge < -0.3 is 31.3 Å². The number of aromatic amines is 1. The van der Waals surface area contributed by atoms with Gasteiger partial charge in [0.05, 0.1) is 13.1 Å². The molecule has 0 saturated carbocycles. The monoisotopic (exact) mass is 546 g/mol. The summed E-state index contributed by atoms with van der Waals surface area (Å²) in [6.07, 6.45) is -4.04. The molecule has 3 rings (SSSR count). The number of amides is 4. The van der Waals surface area contributed by atoms with Gasteiger partial charge in [-0.2, -0.15) is 5.21 Å². The highest BCUT2D eigenvalue weighted by atomic mass is 16.4. The Labute approximate surface area is 222 Å². The Morgan fingerprint density at radius 3 is 2.46 bits per heavy atom. The van der Waals surface area contributed by atoms with E-state index in [0.717, 1.165) is 5.56 Å². The van der Waals surface area contributed by atoms with Gasteiger partial charge in [-0.25, -0.2) is 4.79 Å². The van der Waals surface area contributed by atoms with E-state index in [1.54, 1.807) is 38.1 Å². The number of carbonyl (C=O) groups excluding carboxylic acids is 4. The molecule has 0 saturated heterocycles. The molecule has 7 N–H and O–H groups in total. The molecule has 0 bridgehead atoms. The molecule has 1 aliphatic heterocycles. The zero-order chi connectivity index (χ0) is 28.7. The van der Waals surface area contributed by atoms with Crippen molar-refractivity contribution >= 4 is 35.3 Å². The van der Waals surface area contributed by atoms with E-state index < -0.39 is 66.4 Å². The van der Waals surface area contributed by atoms with Crippen LogP contribution in [-0.4, -0.2) is 96.4 Å². The summed E-state index contributed by atoms with van der Waals surface area (Å²) in [6, 6.07) is 4.80. The third-order valence-corrected chi connectivity index (χ3v) is 6.39. The van der Waals surface area contributed by atoms with Crippen LogP contribution in [0.5, 0.6) is 0 Å². The second-order valence-electron chi connectivity index (χ2n) is 8.98.